The second-order valence-corrected chi connectivity index (χ2v) is 7.89. The summed E-state index contributed by atoms with van der Waals surface area (Å²) in [7, 11) is 1.51. The summed E-state index contributed by atoms with van der Waals surface area (Å²) in [4.78, 5) is 30.1. The molecule has 168 valence electrons. The zero-order valence-corrected chi connectivity index (χ0v) is 17.7. The van der Waals surface area contributed by atoms with E-state index in [0.717, 1.165) is 17.1 Å². The molecular formula is C22H27F2N3O4. The molecule has 0 bridgehead atoms. The molecule has 0 aliphatic carbocycles. The number of ether oxygens (including phenoxy) is 1. The largest absolute Gasteiger partial charge is 0.480 e. The Labute approximate surface area is 178 Å². The number of hydrogen-bond acceptors (Lipinski definition) is 5. The first-order chi connectivity index (χ1) is 14.7. The zero-order valence-electron chi connectivity index (χ0n) is 17.7. The van der Waals surface area contributed by atoms with Crippen LogP contribution in [-0.4, -0.2) is 39.3 Å². The summed E-state index contributed by atoms with van der Waals surface area (Å²) in [6, 6.07) is 9.56. The maximum absolute atomic E-state index is 13.2. The maximum atomic E-state index is 13.2. The van der Waals surface area contributed by atoms with Crippen LogP contribution < -0.4 is 11.2 Å². The van der Waals surface area contributed by atoms with E-state index in [1.165, 1.54) is 11.6 Å². The SMILES string of the molecule is Cn1c2c(c(=O)n(CCCO)c1=O)CC(Cc1ccccc1)C(OCCC(C)(F)F)=N2. The fourth-order valence-electron chi connectivity index (χ4n) is 3.64. The molecule has 1 aromatic heterocycles. The van der Waals surface area contributed by atoms with Crippen LogP contribution in [0.5, 0.6) is 0 Å². The molecule has 1 aliphatic heterocycles. The van der Waals surface area contributed by atoms with E-state index in [4.69, 9.17) is 9.84 Å². The number of fused-ring (bicyclic) bond motifs is 1. The smallest absolute Gasteiger partial charge is 0.332 e. The topological polar surface area (TPSA) is 85.8 Å². The molecule has 1 atom stereocenters. The predicted octanol–water partition coefficient (Wildman–Crippen LogP) is 2.44. The van der Waals surface area contributed by atoms with Gasteiger partial charge in [-0.15, -0.1) is 0 Å². The van der Waals surface area contributed by atoms with Crippen LogP contribution >= 0.6 is 0 Å². The van der Waals surface area contributed by atoms with Gasteiger partial charge < -0.3 is 9.84 Å². The van der Waals surface area contributed by atoms with E-state index in [1.807, 2.05) is 30.3 Å². The third-order valence-electron chi connectivity index (χ3n) is 5.28. The van der Waals surface area contributed by atoms with Crippen molar-refractivity contribution in [1.29, 1.82) is 0 Å². The van der Waals surface area contributed by atoms with Crippen molar-refractivity contribution in [3.05, 3.63) is 62.3 Å². The quantitative estimate of drug-likeness (QED) is 0.690. The first-order valence-corrected chi connectivity index (χ1v) is 10.3. The van der Waals surface area contributed by atoms with Crippen molar-refractivity contribution < 1.29 is 18.6 Å². The minimum Gasteiger partial charge on any atom is -0.480 e. The van der Waals surface area contributed by atoms with E-state index in [-0.39, 0.29) is 50.2 Å². The first-order valence-electron chi connectivity index (χ1n) is 10.3. The monoisotopic (exact) mass is 435 g/mol. The number of rotatable bonds is 8. The molecule has 0 radical (unpaired) electrons. The Morgan fingerprint density at radius 1 is 1.26 bits per heavy atom. The molecule has 0 saturated heterocycles. The van der Waals surface area contributed by atoms with Crippen molar-refractivity contribution in [1.82, 2.24) is 9.13 Å². The summed E-state index contributed by atoms with van der Waals surface area (Å²) in [5.41, 5.74) is 0.405. The van der Waals surface area contributed by atoms with E-state index in [9.17, 15) is 18.4 Å². The summed E-state index contributed by atoms with van der Waals surface area (Å²) in [6.45, 7) is 0.581. The predicted molar refractivity (Wildman–Crippen MR) is 113 cm³/mol. The molecule has 1 aliphatic rings. The van der Waals surface area contributed by atoms with Crippen LogP contribution in [0, 0.1) is 5.92 Å². The molecule has 9 heteroatoms. The Kier molecular flexibility index (Phi) is 7.04. The second-order valence-electron chi connectivity index (χ2n) is 7.89. The number of aliphatic hydroxyl groups excluding tert-OH is 1. The highest BCUT2D eigenvalue weighted by Crippen LogP contribution is 2.28. The summed E-state index contributed by atoms with van der Waals surface area (Å²) in [6.07, 6.45) is 0.612. The maximum Gasteiger partial charge on any atom is 0.332 e. The van der Waals surface area contributed by atoms with Gasteiger partial charge in [0.05, 0.1) is 12.2 Å². The Morgan fingerprint density at radius 3 is 2.61 bits per heavy atom. The minimum absolute atomic E-state index is 0.108. The third-order valence-corrected chi connectivity index (χ3v) is 5.28. The van der Waals surface area contributed by atoms with Gasteiger partial charge in [-0.05, 0) is 31.7 Å². The van der Waals surface area contributed by atoms with Crippen molar-refractivity contribution in [3.8, 4) is 0 Å². The number of alkyl halides is 2. The number of aromatic nitrogens is 2. The molecule has 1 unspecified atom stereocenters. The van der Waals surface area contributed by atoms with E-state index in [2.05, 4.69) is 4.99 Å². The van der Waals surface area contributed by atoms with Gasteiger partial charge in [-0.3, -0.25) is 13.9 Å². The summed E-state index contributed by atoms with van der Waals surface area (Å²) < 4.78 is 34.5. The van der Waals surface area contributed by atoms with Gasteiger partial charge in [-0.25, -0.2) is 13.6 Å². The fraction of sp³-hybridized carbons (Fsp3) is 0.500. The van der Waals surface area contributed by atoms with Crippen LogP contribution in [0.2, 0.25) is 0 Å². The number of hydrogen-bond donors (Lipinski definition) is 1. The number of aliphatic hydroxyl groups is 1. The Bertz CT molecular complexity index is 1060. The summed E-state index contributed by atoms with van der Waals surface area (Å²) in [5, 5.41) is 9.08. The lowest BCUT2D eigenvalue weighted by Gasteiger charge is -2.26. The molecule has 1 N–H and O–H groups in total. The van der Waals surface area contributed by atoms with E-state index < -0.39 is 23.6 Å². The highest BCUT2D eigenvalue weighted by atomic mass is 19.3. The lowest BCUT2D eigenvalue weighted by molar-refractivity contribution is -0.00129. The molecule has 0 saturated carbocycles. The number of nitrogens with zero attached hydrogens (tertiary/aromatic N) is 3. The number of benzene rings is 1. The van der Waals surface area contributed by atoms with Gasteiger partial charge in [0.1, 0.15) is 5.82 Å². The number of aliphatic imine (C=N–C) groups is 1. The van der Waals surface area contributed by atoms with Crippen LogP contribution in [0.15, 0.2) is 44.9 Å². The standard InChI is InChI=1S/C22H27F2N3O4/c1-22(23,24)9-12-31-19-16(13-15-7-4-3-5-8-15)14-17-18(25-19)26(2)21(30)27(20(17)29)10-6-11-28/h3-5,7-8,16,28H,6,9-14H2,1-2H3. The molecule has 2 aromatic rings. The van der Waals surface area contributed by atoms with Crippen LogP contribution in [0.3, 0.4) is 0 Å². The molecule has 3 rings (SSSR count). The van der Waals surface area contributed by atoms with Crippen LogP contribution in [0.4, 0.5) is 14.6 Å². The average molecular weight is 435 g/mol. The molecule has 7 nitrogen and oxygen atoms in total. The average Bonchev–Trinajstić information content (AvgIpc) is 2.72. The van der Waals surface area contributed by atoms with Gasteiger partial charge in [0, 0.05) is 32.5 Å². The summed E-state index contributed by atoms with van der Waals surface area (Å²) >= 11 is 0. The highest BCUT2D eigenvalue weighted by Gasteiger charge is 2.31. The van der Waals surface area contributed by atoms with Crippen LogP contribution in [0.1, 0.15) is 30.9 Å². The molecule has 0 fully saturated rings. The van der Waals surface area contributed by atoms with Gasteiger partial charge in [0.2, 0.25) is 5.92 Å². The van der Waals surface area contributed by atoms with E-state index >= 15 is 0 Å². The van der Waals surface area contributed by atoms with Gasteiger partial charge in [-0.2, -0.15) is 4.99 Å². The normalized spacial score (nSPS) is 16.0. The summed E-state index contributed by atoms with van der Waals surface area (Å²) in [5.74, 6) is -2.74. The fourth-order valence-corrected chi connectivity index (χ4v) is 3.64. The molecular weight excluding hydrogens is 408 g/mol. The molecule has 2 heterocycles. The molecule has 1 aromatic carbocycles. The lowest BCUT2D eigenvalue weighted by Crippen LogP contribution is -2.43. The number of halogens is 2. The third kappa shape index (κ3) is 5.46. The minimum atomic E-state index is -2.87. The van der Waals surface area contributed by atoms with E-state index in [1.54, 1.807) is 0 Å². The van der Waals surface area contributed by atoms with Crippen molar-refractivity contribution in [2.75, 3.05) is 13.2 Å². The zero-order chi connectivity index (χ0) is 22.6. The first kappa shape index (κ1) is 22.9. The molecule has 31 heavy (non-hydrogen) atoms. The Balaban J connectivity index is 2.00. The van der Waals surface area contributed by atoms with Crippen LogP contribution in [0.25, 0.3) is 0 Å². The van der Waals surface area contributed by atoms with Gasteiger partial charge in [0.25, 0.3) is 5.56 Å². The van der Waals surface area contributed by atoms with Crippen molar-refractivity contribution in [2.45, 2.75) is 45.1 Å². The van der Waals surface area contributed by atoms with Gasteiger partial charge in [-0.1, -0.05) is 30.3 Å². The van der Waals surface area contributed by atoms with Crippen LogP contribution in [-0.2, 0) is 31.2 Å². The Hall–Kier alpha value is -2.81. The van der Waals surface area contributed by atoms with Crippen molar-refractivity contribution in [2.24, 2.45) is 18.0 Å². The second kappa shape index (κ2) is 9.55. The lowest BCUT2D eigenvalue weighted by atomic mass is 9.91. The van der Waals surface area contributed by atoms with Crippen molar-refractivity contribution in [3.63, 3.8) is 0 Å². The van der Waals surface area contributed by atoms with E-state index in [0.29, 0.717) is 12.0 Å². The molecule has 0 amide bonds. The molecule has 0 spiro atoms. The van der Waals surface area contributed by atoms with Crippen molar-refractivity contribution >= 4 is 11.7 Å². The Morgan fingerprint density at radius 2 is 1.97 bits per heavy atom. The van der Waals surface area contributed by atoms with Gasteiger partial charge >= 0.3 is 5.69 Å². The van der Waals surface area contributed by atoms with Gasteiger partial charge in [0.15, 0.2) is 5.90 Å². The highest BCUT2D eigenvalue weighted by molar-refractivity contribution is 5.84.